The van der Waals surface area contributed by atoms with Gasteiger partial charge in [0, 0.05) is 19.0 Å². The summed E-state index contributed by atoms with van der Waals surface area (Å²) in [5.41, 5.74) is 2.79. The van der Waals surface area contributed by atoms with Crippen molar-refractivity contribution in [1.82, 2.24) is 10.2 Å². The first-order chi connectivity index (χ1) is 18.8. The Bertz CT molecular complexity index is 1260. The average molecular weight is 568 g/mol. The maximum Gasteiger partial charge on any atom is 0.261 e. The zero-order chi connectivity index (χ0) is 27.8. The lowest BCUT2D eigenvalue weighted by atomic mass is 10.0. The molecule has 0 radical (unpaired) electrons. The summed E-state index contributed by atoms with van der Waals surface area (Å²) >= 11 is 12.5. The molecule has 0 aliphatic heterocycles. The molecule has 3 aromatic rings. The highest BCUT2D eigenvalue weighted by atomic mass is 35.5. The molecule has 0 saturated heterocycles. The second-order valence-electron chi connectivity index (χ2n) is 10.4. The number of hydrogen-bond donors (Lipinski definition) is 1. The Morgan fingerprint density at radius 1 is 0.923 bits per heavy atom. The zero-order valence-electron chi connectivity index (χ0n) is 22.5. The molecule has 3 aromatic carbocycles. The van der Waals surface area contributed by atoms with Gasteiger partial charge in [-0.25, -0.2) is 0 Å². The van der Waals surface area contributed by atoms with Crippen molar-refractivity contribution in [3.63, 3.8) is 0 Å². The number of para-hydroxylation sites is 1. The molecule has 1 atom stereocenters. The van der Waals surface area contributed by atoms with Crippen molar-refractivity contribution in [3.05, 3.63) is 99.5 Å². The molecule has 1 aliphatic carbocycles. The van der Waals surface area contributed by atoms with E-state index in [1.54, 1.807) is 17.0 Å². The van der Waals surface area contributed by atoms with E-state index in [-0.39, 0.29) is 36.9 Å². The van der Waals surface area contributed by atoms with Crippen molar-refractivity contribution >= 4 is 35.0 Å². The molecule has 0 heterocycles. The Kier molecular flexibility index (Phi) is 10.3. The number of carbonyl (C=O) groups is 2. The van der Waals surface area contributed by atoms with Crippen molar-refractivity contribution in [1.29, 1.82) is 0 Å². The lowest BCUT2D eigenvalue weighted by Gasteiger charge is -2.32. The Morgan fingerprint density at radius 3 is 2.31 bits per heavy atom. The first-order valence-electron chi connectivity index (χ1n) is 13.6. The number of halogens is 2. The molecule has 2 amide bonds. The van der Waals surface area contributed by atoms with E-state index in [0.29, 0.717) is 22.2 Å². The van der Waals surface area contributed by atoms with Crippen LogP contribution in [0.5, 0.6) is 5.75 Å². The van der Waals surface area contributed by atoms with Crippen molar-refractivity contribution in [2.75, 3.05) is 6.61 Å². The van der Waals surface area contributed by atoms with Gasteiger partial charge in [0.25, 0.3) is 5.91 Å². The molecule has 1 unspecified atom stereocenters. The fraction of sp³-hybridized carbons (Fsp3) is 0.375. The average Bonchev–Trinajstić information content (AvgIpc) is 3.45. The van der Waals surface area contributed by atoms with Crippen LogP contribution in [0, 0.1) is 0 Å². The van der Waals surface area contributed by atoms with Gasteiger partial charge in [0.2, 0.25) is 5.91 Å². The Morgan fingerprint density at radius 2 is 1.62 bits per heavy atom. The monoisotopic (exact) mass is 566 g/mol. The summed E-state index contributed by atoms with van der Waals surface area (Å²) in [6.45, 7) is 4.18. The summed E-state index contributed by atoms with van der Waals surface area (Å²) in [6, 6.07) is 22.2. The standard InChI is InChI=1S/C32H36Cl2N2O3/c1-22(2)26-14-8-9-15-30(26)39-21-31(37)36(20-24-16-17-27(33)28(34)18-24)29(19-23-10-4-3-5-11-23)32(38)35-25-12-6-7-13-25/h3-5,8-11,14-18,22,25,29H,6-7,12-13,19-21H2,1-2H3,(H,35,38). The molecule has 39 heavy (non-hydrogen) atoms. The highest BCUT2D eigenvalue weighted by Crippen LogP contribution is 2.27. The van der Waals surface area contributed by atoms with Crippen molar-refractivity contribution in [3.8, 4) is 5.75 Å². The van der Waals surface area contributed by atoms with Crippen molar-refractivity contribution in [2.24, 2.45) is 0 Å². The van der Waals surface area contributed by atoms with E-state index in [9.17, 15) is 9.59 Å². The first kappa shape index (κ1) is 29.0. The van der Waals surface area contributed by atoms with Gasteiger partial charge in [0.15, 0.2) is 6.61 Å². The van der Waals surface area contributed by atoms with E-state index in [1.165, 1.54) is 0 Å². The van der Waals surface area contributed by atoms with Gasteiger partial charge in [-0.2, -0.15) is 0 Å². The van der Waals surface area contributed by atoms with E-state index in [4.69, 9.17) is 27.9 Å². The number of benzene rings is 3. The minimum absolute atomic E-state index is 0.131. The molecule has 1 N–H and O–H groups in total. The molecular formula is C32H36Cl2N2O3. The van der Waals surface area contributed by atoms with Crippen LogP contribution in [0.3, 0.4) is 0 Å². The molecule has 0 bridgehead atoms. The lowest BCUT2D eigenvalue weighted by molar-refractivity contribution is -0.143. The number of nitrogens with one attached hydrogen (secondary N) is 1. The van der Waals surface area contributed by atoms with Crippen LogP contribution in [0.4, 0.5) is 0 Å². The number of hydrogen-bond acceptors (Lipinski definition) is 3. The summed E-state index contributed by atoms with van der Waals surface area (Å²) < 4.78 is 6.07. The van der Waals surface area contributed by atoms with E-state index < -0.39 is 6.04 Å². The second-order valence-corrected chi connectivity index (χ2v) is 11.3. The summed E-state index contributed by atoms with van der Waals surface area (Å²) in [6.07, 6.45) is 4.50. The molecular weight excluding hydrogens is 531 g/mol. The molecule has 0 aromatic heterocycles. The highest BCUT2D eigenvalue weighted by molar-refractivity contribution is 6.42. The predicted octanol–water partition coefficient (Wildman–Crippen LogP) is 7.19. The highest BCUT2D eigenvalue weighted by Gasteiger charge is 2.32. The van der Waals surface area contributed by atoms with Crippen LogP contribution >= 0.6 is 23.2 Å². The van der Waals surface area contributed by atoms with E-state index in [0.717, 1.165) is 42.4 Å². The molecule has 7 heteroatoms. The van der Waals surface area contributed by atoms with Crippen LogP contribution in [-0.2, 0) is 22.6 Å². The minimum atomic E-state index is -0.723. The third kappa shape index (κ3) is 8.00. The number of amides is 2. The SMILES string of the molecule is CC(C)c1ccccc1OCC(=O)N(Cc1ccc(Cl)c(Cl)c1)C(Cc1ccccc1)C(=O)NC1CCCC1. The zero-order valence-corrected chi connectivity index (χ0v) is 24.0. The summed E-state index contributed by atoms with van der Waals surface area (Å²) in [5, 5.41) is 4.06. The summed E-state index contributed by atoms with van der Waals surface area (Å²) in [4.78, 5) is 29.3. The van der Waals surface area contributed by atoms with Crippen molar-refractivity contribution < 1.29 is 14.3 Å². The maximum atomic E-state index is 13.9. The van der Waals surface area contributed by atoms with Gasteiger partial charge in [0.1, 0.15) is 11.8 Å². The van der Waals surface area contributed by atoms with Crippen LogP contribution in [0.15, 0.2) is 72.8 Å². The quantitative estimate of drug-likeness (QED) is 0.267. The van der Waals surface area contributed by atoms with E-state index in [1.807, 2.05) is 60.7 Å². The van der Waals surface area contributed by atoms with E-state index in [2.05, 4.69) is 19.2 Å². The van der Waals surface area contributed by atoms with Crippen LogP contribution in [-0.4, -0.2) is 35.4 Å². The number of carbonyl (C=O) groups excluding carboxylic acids is 2. The molecule has 5 nitrogen and oxygen atoms in total. The Balaban J connectivity index is 1.64. The van der Waals surface area contributed by atoms with Gasteiger partial charge < -0.3 is 15.0 Å². The van der Waals surface area contributed by atoms with Crippen molar-refractivity contribution in [2.45, 2.75) is 70.5 Å². The molecule has 206 valence electrons. The second kappa shape index (κ2) is 13.9. The van der Waals surface area contributed by atoms with E-state index >= 15 is 0 Å². The minimum Gasteiger partial charge on any atom is -0.483 e. The number of nitrogens with zero attached hydrogens (tertiary/aromatic N) is 1. The maximum absolute atomic E-state index is 13.9. The van der Waals surface area contributed by atoms with Gasteiger partial charge in [-0.3, -0.25) is 9.59 Å². The van der Waals surface area contributed by atoms with Gasteiger partial charge in [-0.1, -0.05) is 104 Å². The van der Waals surface area contributed by atoms with Crippen LogP contribution in [0.25, 0.3) is 0 Å². The fourth-order valence-corrected chi connectivity index (χ4v) is 5.39. The third-order valence-electron chi connectivity index (χ3n) is 7.20. The van der Waals surface area contributed by atoms with Crippen LogP contribution < -0.4 is 10.1 Å². The van der Waals surface area contributed by atoms with Gasteiger partial charge in [-0.15, -0.1) is 0 Å². The smallest absolute Gasteiger partial charge is 0.261 e. The molecule has 1 saturated carbocycles. The largest absolute Gasteiger partial charge is 0.483 e. The summed E-state index contributed by atoms with van der Waals surface area (Å²) in [5.74, 6) is 0.487. The molecule has 1 aliphatic rings. The fourth-order valence-electron chi connectivity index (χ4n) is 5.07. The topological polar surface area (TPSA) is 58.6 Å². The molecule has 1 fully saturated rings. The van der Waals surface area contributed by atoms with Gasteiger partial charge in [0.05, 0.1) is 10.0 Å². The van der Waals surface area contributed by atoms with Crippen LogP contribution in [0.2, 0.25) is 10.0 Å². The normalized spacial score (nSPS) is 14.3. The molecule has 4 rings (SSSR count). The van der Waals surface area contributed by atoms with Gasteiger partial charge in [-0.05, 0) is 53.6 Å². The Labute approximate surface area is 241 Å². The van der Waals surface area contributed by atoms with Crippen LogP contribution in [0.1, 0.15) is 62.1 Å². The lowest BCUT2D eigenvalue weighted by Crippen LogP contribution is -2.53. The van der Waals surface area contributed by atoms with Gasteiger partial charge >= 0.3 is 0 Å². The summed E-state index contributed by atoms with van der Waals surface area (Å²) in [7, 11) is 0. The number of ether oxygens (including phenoxy) is 1. The predicted molar refractivity (Wildman–Crippen MR) is 157 cm³/mol. The first-order valence-corrected chi connectivity index (χ1v) is 14.4. The third-order valence-corrected chi connectivity index (χ3v) is 7.94. The number of rotatable bonds is 11. The Hall–Kier alpha value is -3.02. The molecule has 0 spiro atoms.